The van der Waals surface area contributed by atoms with Crippen LogP contribution in [-0.2, 0) is 26.2 Å². The van der Waals surface area contributed by atoms with E-state index in [1.54, 1.807) is 52.7 Å². The van der Waals surface area contributed by atoms with E-state index in [9.17, 15) is 20.4 Å². The number of ether oxygens (including phenoxy) is 4. The molecule has 0 unspecified atom stereocenters. The van der Waals surface area contributed by atoms with E-state index < -0.39 is 40.4 Å². The third kappa shape index (κ3) is 27.2. The Kier molecular flexibility index (Phi) is 30.5. The third-order valence-electron chi connectivity index (χ3n) is 17.4. The molecule has 0 bridgehead atoms. The number of aromatic hydroxyl groups is 4. The lowest BCUT2D eigenvalue weighted by Crippen LogP contribution is -2.38. The maximum atomic E-state index is 10.1. The fourth-order valence-electron chi connectivity index (χ4n) is 12.0. The first-order valence-electron chi connectivity index (χ1n) is 30.8. The van der Waals surface area contributed by atoms with Crippen molar-refractivity contribution in [2.24, 2.45) is 0 Å². The Balaban J connectivity index is 1.42. The second-order valence-corrected chi connectivity index (χ2v) is 53.0. The van der Waals surface area contributed by atoms with Crippen molar-refractivity contribution in [1.29, 1.82) is 0 Å². The molecule has 0 saturated carbocycles. The third-order valence-corrected chi connectivity index (χ3v) is 36.7. The minimum atomic E-state index is -1.64. The van der Waals surface area contributed by atoms with Gasteiger partial charge in [-0.1, -0.05) is 175 Å². The first-order chi connectivity index (χ1) is 38.5. The molecule has 0 radical (unpaired) electrons. The Bertz CT molecular complexity index is 2100. The molecule has 4 aromatic carbocycles. The van der Waals surface area contributed by atoms with E-state index in [0.29, 0.717) is 23.0 Å². The van der Waals surface area contributed by atoms with Crippen molar-refractivity contribution in [1.82, 2.24) is 21.3 Å². The highest BCUT2D eigenvalue weighted by molar-refractivity contribution is 6.82. The number of hydrogen-bond donors (Lipinski definition) is 8. The van der Waals surface area contributed by atoms with Crippen molar-refractivity contribution in [2.75, 3.05) is 54.6 Å². The summed E-state index contributed by atoms with van der Waals surface area (Å²) in [5.74, 6) is 2.86. The zero-order chi connectivity index (χ0) is 59.4. The quantitative estimate of drug-likeness (QED) is 0.0156. The van der Waals surface area contributed by atoms with Crippen LogP contribution in [0.4, 0.5) is 0 Å². The summed E-state index contributed by atoms with van der Waals surface area (Å²) in [5.41, 5.74) is 4.53. The standard InChI is InChI=1S/C64H112N4O8Si5/c1-73-61-45-53(21-25-57(61)69)49-65-29-13-33-77(5,6)37-17-41-81(42-18-38-78(7,8)34-14-30-66-50-54-22-26-58(70)62(46-54)74-2,43-19-39-79(9,10)35-15-31-67-51-55-23-27-59(71)63(47-55)75-3)44-20-40-80(11,12)36-16-32-68-52-56-24-28-60(72)64(48-56)76-4/h21-28,45-48,65-72H,13-20,29-44,49-52H2,1-12H3. The van der Waals surface area contributed by atoms with Gasteiger partial charge in [0.05, 0.1) is 36.5 Å². The highest BCUT2D eigenvalue weighted by atomic mass is 28.3. The lowest BCUT2D eigenvalue weighted by molar-refractivity contribution is 0.373. The number of methoxy groups -OCH3 is 4. The molecule has 0 amide bonds. The van der Waals surface area contributed by atoms with E-state index in [1.807, 2.05) is 48.5 Å². The van der Waals surface area contributed by atoms with Crippen molar-refractivity contribution in [2.45, 2.75) is 202 Å². The molecule has 456 valence electrons. The molecular weight excluding hydrogens is 1090 g/mol. The van der Waals surface area contributed by atoms with Gasteiger partial charge in [0.2, 0.25) is 0 Å². The maximum absolute atomic E-state index is 10.1. The van der Waals surface area contributed by atoms with E-state index in [-0.39, 0.29) is 23.0 Å². The van der Waals surface area contributed by atoms with Gasteiger partial charge in [0.25, 0.3) is 0 Å². The highest BCUT2D eigenvalue weighted by Gasteiger charge is 2.35. The number of phenolic OH excluding ortho intramolecular Hbond substituents is 4. The topological polar surface area (TPSA) is 166 Å². The molecule has 0 spiro atoms. The Labute approximate surface area is 496 Å². The summed E-state index contributed by atoms with van der Waals surface area (Å²) in [7, 11) is -0.866. The average Bonchev–Trinajstić information content (AvgIpc) is 3.42. The molecule has 0 fully saturated rings. The monoisotopic (exact) mass is 1200 g/mol. The minimum Gasteiger partial charge on any atom is -0.504 e. The predicted molar refractivity (Wildman–Crippen MR) is 356 cm³/mol. The van der Waals surface area contributed by atoms with Gasteiger partial charge in [-0.3, -0.25) is 0 Å². The van der Waals surface area contributed by atoms with Crippen molar-refractivity contribution in [3.8, 4) is 46.0 Å². The van der Waals surface area contributed by atoms with Gasteiger partial charge in [0.1, 0.15) is 0 Å². The van der Waals surface area contributed by atoms with Gasteiger partial charge in [0.15, 0.2) is 46.0 Å². The zero-order valence-corrected chi connectivity index (χ0v) is 57.6. The van der Waals surface area contributed by atoms with Gasteiger partial charge in [-0.2, -0.15) is 0 Å². The van der Waals surface area contributed by atoms with E-state index >= 15 is 0 Å². The number of phenols is 4. The lowest BCUT2D eigenvalue weighted by Gasteiger charge is -2.36. The molecule has 0 heterocycles. The van der Waals surface area contributed by atoms with E-state index in [2.05, 4.69) is 73.6 Å². The molecule has 4 rings (SSSR count). The van der Waals surface area contributed by atoms with Crippen LogP contribution in [0.25, 0.3) is 0 Å². The van der Waals surface area contributed by atoms with Crippen LogP contribution < -0.4 is 40.2 Å². The van der Waals surface area contributed by atoms with Crippen LogP contribution in [-0.4, -0.2) is 115 Å². The van der Waals surface area contributed by atoms with Crippen LogP contribution in [0, 0.1) is 0 Å². The van der Waals surface area contributed by atoms with Crippen molar-refractivity contribution in [3.05, 3.63) is 95.1 Å². The van der Waals surface area contributed by atoms with Crippen molar-refractivity contribution < 1.29 is 39.4 Å². The molecule has 8 N–H and O–H groups in total. The van der Waals surface area contributed by atoms with Crippen LogP contribution >= 0.6 is 0 Å². The van der Waals surface area contributed by atoms with Crippen molar-refractivity contribution in [3.63, 3.8) is 0 Å². The first kappa shape index (κ1) is 69.7. The van der Waals surface area contributed by atoms with Crippen LogP contribution in [0.2, 0.25) is 125 Å². The normalized spacial score (nSPS) is 12.5. The van der Waals surface area contributed by atoms with Crippen LogP contribution in [0.5, 0.6) is 46.0 Å². The minimum absolute atomic E-state index is 0.184. The molecule has 17 heteroatoms. The smallest absolute Gasteiger partial charge is 0.160 e. The summed E-state index contributed by atoms with van der Waals surface area (Å²) in [5, 5.41) is 55.0. The molecule has 12 nitrogen and oxygen atoms in total. The second kappa shape index (κ2) is 35.5. The fraction of sp³-hybridized carbons (Fsp3) is 0.625. The number of nitrogens with one attached hydrogen (secondary N) is 4. The Morgan fingerprint density at radius 2 is 0.494 bits per heavy atom. The van der Waals surface area contributed by atoms with Gasteiger partial charge in [0, 0.05) is 58.5 Å². The Morgan fingerprint density at radius 3 is 0.691 bits per heavy atom. The molecule has 0 atom stereocenters. The van der Waals surface area contributed by atoms with Crippen LogP contribution in [0.15, 0.2) is 72.8 Å². The fourth-order valence-corrected chi connectivity index (χ4v) is 28.7. The molecule has 0 aliphatic rings. The van der Waals surface area contributed by atoms with Gasteiger partial charge < -0.3 is 60.6 Å². The van der Waals surface area contributed by atoms with E-state index in [1.165, 1.54) is 124 Å². The Hall–Kier alpha value is -3.80. The SMILES string of the molecule is COc1cc(CNCCC[Si](C)(C)CCC[Si](CCC[Si](C)(C)CCCNCc2ccc(O)c(OC)c2)(CCC[Si](C)(C)CCCNCc2ccc(O)c(OC)c2)CCC[Si](C)(C)CCCNCc2ccc(O)c(OC)c2)ccc1O. The first-order valence-corrected chi connectivity index (χ1v) is 47.3. The van der Waals surface area contributed by atoms with E-state index in [0.717, 1.165) is 74.6 Å². The summed E-state index contributed by atoms with van der Waals surface area (Å²) < 4.78 is 21.4. The molecule has 0 aliphatic carbocycles. The highest BCUT2D eigenvalue weighted by Crippen LogP contribution is 2.39. The summed E-state index contributed by atoms with van der Waals surface area (Å²) in [4.78, 5) is 0. The van der Waals surface area contributed by atoms with Crippen LogP contribution in [0.1, 0.15) is 73.6 Å². The number of hydrogen-bond acceptors (Lipinski definition) is 12. The molecule has 0 aliphatic heterocycles. The van der Waals surface area contributed by atoms with E-state index in [4.69, 9.17) is 18.9 Å². The van der Waals surface area contributed by atoms with Gasteiger partial charge in [-0.15, -0.1) is 0 Å². The lowest BCUT2D eigenvalue weighted by atomic mass is 10.2. The molecule has 0 aromatic heterocycles. The summed E-state index contributed by atoms with van der Waals surface area (Å²) in [6.45, 7) is 28.4. The van der Waals surface area contributed by atoms with Gasteiger partial charge in [-0.05, 0) is 123 Å². The largest absolute Gasteiger partial charge is 0.504 e. The van der Waals surface area contributed by atoms with Gasteiger partial charge in [-0.25, -0.2) is 0 Å². The molecular formula is C64H112N4O8Si5. The molecule has 0 saturated heterocycles. The van der Waals surface area contributed by atoms with Crippen LogP contribution in [0.3, 0.4) is 0 Å². The Morgan fingerprint density at radius 1 is 0.296 bits per heavy atom. The molecule has 81 heavy (non-hydrogen) atoms. The zero-order valence-electron chi connectivity index (χ0n) is 52.6. The molecule has 4 aromatic rings. The maximum Gasteiger partial charge on any atom is 0.160 e. The summed E-state index contributed by atoms with van der Waals surface area (Å²) in [6, 6.07) is 39.6. The average molecular weight is 1210 g/mol. The summed E-state index contributed by atoms with van der Waals surface area (Å²) >= 11 is 0. The van der Waals surface area contributed by atoms with Crippen molar-refractivity contribution >= 4 is 40.4 Å². The number of rotatable bonds is 44. The van der Waals surface area contributed by atoms with Gasteiger partial charge >= 0.3 is 0 Å². The number of benzene rings is 4. The summed E-state index contributed by atoms with van der Waals surface area (Å²) in [6.07, 6.45) is 10.5. The predicted octanol–water partition coefficient (Wildman–Crippen LogP) is 15.4. The second-order valence-electron chi connectivity index (χ2n) is 26.7.